The van der Waals surface area contributed by atoms with Crippen molar-refractivity contribution in [3.63, 3.8) is 0 Å². The van der Waals surface area contributed by atoms with Crippen LogP contribution in [0.4, 0.5) is 0 Å². The summed E-state index contributed by atoms with van der Waals surface area (Å²) in [5.74, 6) is 0.249. The fraction of sp³-hybridized carbons (Fsp3) is 0.846. The highest BCUT2D eigenvalue weighted by molar-refractivity contribution is 5.78. The quantitative estimate of drug-likeness (QED) is 0.726. The largest absolute Gasteiger partial charge is 0.349 e. The van der Waals surface area contributed by atoms with Gasteiger partial charge in [0.15, 0.2) is 0 Å². The van der Waals surface area contributed by atoms with Crippen LogP contribution in [0.5, 0.6) is 0 Å². The van der Waals surface area contributed by atoms with E-state index in [-0.39, 0.29) is 11.8 Å². The lowest BCUT2D eigenvalue weighted by Gasteiger charge is -2.20. The fourth-order valence-electron chi connectivity index (χ4n) is 2.05. The first-order valence-corrected chi connectivity index (χ1v) is 6.80. The Morgan fingerprint density at radius 2 is 1.72 bits per heavy atom. The molecule has 1 aliphatic heterocycles. The SMILES string of the molecule is CN(C)C(=O)CCNCC(=O)N1CCCCCC1. The van der Waals surface area contributed by atoms with Gasteiger partial charge < -0.3 is 15.1 Å². The number of likely N-dealkylation sites (tertiary alicyclic amines) is 1. The van der Waals surface area contributed by atoms with Gasteiger partial charge in [-0.15, -0.1) is 0 Å². The zero-order valence-electron chi connectivity index (χ0n) is 11.6. The number of amides is 2. The maximum Gasteiger partial charge on any atom is 0.236 e. The monoisotopic (exact) mass is 255 g/mol. The van der Waals surface area contributed by atoms with Gasteiger partial charge in [0.1, 0.15) is 0 Å². The predicted molar refractivity (Wildman–Crippen MR) is 71.2 cm³/mol. The van der Waals surface area contributed by atoms with Crippen LogP contribution in [-0.4, -0.2) is 61.9 Å². The average molecular weight is 255 g/mol. The number of carbonyl (C=O) groups is 2. The Bertz CT molecular complexity index is 271. The van der Waals surface area contributed by atoms with Crippen molar-refractivity contribution in [3.05, 3.63) is 0 Å². The third-order valence-electron chi connectivity index (χ3n) is 3.25. The first-order valence-electron chi connectivity index (χ1n) is 6.80. The van der Waals surface area contributed by atoms with Gasteiger partial charge in [0.25, 0.3) is 0 Å². The van der Waals surface area contributed by atoms with E-state index in [1.54, 1.807) is 19.0 Å². The van der Waals surface area contributed by atoms with E-state index in [2.05, 4.69) is 5.32 Å². The molecular formula is C13H25N3O2. The van der Waals surface area contributed by atoms with Gasteiger partial charge in [0.2, 0.25) is 11.8 Å². The molecule has 104 valence electrons. The topological polar surface area (TPSA) is 52.7 Å². The molecule has 1 aliphatic rings. The van der Waals surface area contributed by atoms with Crippen LogP contribution in [0.1, 0.15) is 32.1 Å². The van der Waals surface area contributed by atoms with Crippen LogP contribution in [0.2, 0.25) is 0 Å². The van der Waals surface area contributed by atoms with Crippen molar-refractivity contribution in [2.75, 3.05) is 40.3 Å². The molecule has 0 saturated carbocycles. The number of carbonyl (C=O) groups excluding carboxylic acids is 2. The van der Waals surface area contributed by atoms with Crippen molar-refractivity contribution in [1.82, 2.24) is 15.1 Å². The minimum atomic E-state index is 0.0877. The second-order valence-corrected chi connectivity index (χ2v) is 5.01. The molecule has 1 fully saturated rings. The Morgan fingerprint density at radius 3 is 2.28 bits per heavy atom. The Kier molecular flexibility index (Phi) is 6.72. The van der Waals surface area contributed by atoms with E-state index >= 15 is 0 Å². The lowest BCUT2D eigenvalue weighted by Crippen LogP contribution is -2.39. The van der Waals surface area contributed by atoms with Gasteiger partial charge in [0.05, 0.1) is 6.54 Å². The van der Waals surface area contributed by atoms with Crippen molar-refractivity contribution in [2.24, 2.45) is 0 Å². The summed E-state index contributed by atoms with van der Waals surface area (Å²) in [6.45, 7) is 2.69. The maximum absolute atomic E-state index is 11.9. The Balaban J connectivity index is 2.14. The van der Waals surface area contributed by atoms with Crippen LogP contribution in [-0.2, 0) is 9.59 Å². The smallest absolute Gasteiger partial charge is 0.236 e. The summed E-state index contributed by atoms with van der Waals surface area (Å²) in [5.41, 5.74) is 0. The first-order chi connectivity index (χ1) is 8.61. The lowest BCUT2D eigenvalue weighted by molar-refractivity contribution is -0.131. The third kappa shape index (κ3) is 5.49. The second-order valence-electron chi connectivity index (χ2n) is 5.01. The highest BCUT2D eigenvalue weighted by atomic mass is 16.2. The molecule has 0 aromatic rings. The van der Waals surface area contributed by atoms with E-state index in [1.165, 1.54) is 12.8 Å². The number of hydrogen-bond acceptors (Lipinski definition) is 3. The van der Waals surface area contributed by atoms with E-state index in [4.69, 9.17) is 0 Å². The minimum Gasteiger partial charge on any atom is -0.349 e. The summed E-state index contributed by atoms with van der Waals surface area (Å²) in [6.07, 6.45) is 5.14. The normalized spacial score (nSPS) is 16.2. The maximum atomic E-state index is 11.9. The molecule has 5 nitrogen and oxygen atoms in total. The first kappa shape index (κ1) is 15.0. The van der Waals surface area contributed by atoms with Crippen molar-refractivity contribution < 1.29 is 9.59 Å². The molecule has 18 heavy (non-hydrogen) atoms. The summed E-state index contributed by atoms with van der Waals surface area (Å²) >= 11 is 0. The van der Waals surface area contributed by atoms with E-state index < -0.39 is 0 Å². The van der Waals surface area contributed by atoms with Crippen molar-refractivity contribution >= 4 is 11.8 Å². The van der Waals surface area contributed by atoms with Gasteiger partial charge in [-0.25, -0.2) is 0 Å². The van der Waals surface area contributed by atoms with Crippen molar-refractivity contribution in [2.45, 2.75) is 32.1 Å². The zero-order chi connectivity index (χ0) is 13.4. The Labute approximate surface area is 110 Å². The summed E-state index contributed by atoms with van der Waals surface area (Å²) in [6, 6.07) is 0. The van der Waals surface area contributed by atoms with Gasteiger partial charge in [-0.2, -0.15) is 0 Å². The van der Waals surface area contributed by atoms with Gasteiger partial charge >= 0.3 is 0 Å². The van der Waals surface area contributed by atoms with E-state index in [1.807, 2.05) is 4.90 Å². The molecule has 0 aromatic heterocycles. The van der Waals surface area contributed by atoms with Crippen molar-refractivity contribution in [1.29, 1.82) is 0 Å². The van der Waals surface area contributed by atoms with Crippen LogP contribution < -0.4 is 5.32 Å². The van der Waals surface area contributed by atoms with Crippen LogP contribution in [0, 0.1) is 0 Å². The zero-order valence-corrected chi connectivity index (χ0v) is 11.6. The summed E-state index contributed by atoms with van der Waals surface area (Å²) in [7, 11) is 3.48. The van der Waals surface area contributed by atoms with Crippen LogP contribution in [0.25, 0.3) is 0 Å². The van der Waals surface area contributed by atoms with Crippen molar-refractivity contribution in [3.8, 4) is 0 Å². The Morgan fingerprint density at radius 1 is 1.11 bits per heavy atom. The number of hydrogen-bond donors (Lipinski definition) is 1. The molecule has 0 unspecified atom stereocenters. The highest BCUT2D eigenvalue weighted by Gasteiger charge is 2.14. The molecule has 5 heteroatoms. The standard InChI is InChI=1S/C13H25N3O2/c1-15(2)12(17)7-8-14-11-13(18)16-9-5-3-4-6-10-16/h14H,3-11H2,1-2H3. The fourth-order valence-corrected chi connectivity index (χ4v) is 2.05. The summed E-state index contributed by atoms with van der Waals surface area (Å²) in [4.78, 5) is 26.7. The molecule has 1 N–H and O–H groups in total. The van der Waals surface area contributed by atoms with E-state index in [0.717, 1.165) is 25.9 Å². The average Bonchev–Trinajstić information content (AvgIpc) is 2.62. The van der Waals surface area contributed by atoms with Gasteiger partial charge in [-0.3, -0.25) is 9.59 Å². The molecule has 1 saturated heterocycles. The molecule has 0 aliphatic carbocycles. The van der Waals surface area contributed by atoms with Gasteiger partial charge in [-0.1, -0.05) is 12.8 Å². The molecule has 0 atom stereocenters. The number of nitrogens with zero attached hydrogens (tertiary/aromatic N) is 2. The molecule has 1 rings (SSSR count). The molecular weight excluding hydrogens is 230 g/mol. The third-order valence-corrected chi connectivity index (χ3v) is 3.25. The van der Waals surface area contributed by atoms with Gasteiger partial charge in [0, 0.05) is 40.2 Å². The molecule has 2 amide bonds. The molecule has 1 heterocycles. The second kappa shape index (κ2) is 8.08. The molecule has 0 aromatic carbocycles. The van der Waals surface area contributed by atoms with Crippen LogP contribution in [0.15, 0.2) is 0 Å². The molecule has 0 spiro atoms. The van der Waals surface area contributed by atoms with Crippen LogP contribution >= 0.6 is 0 Å². The Hall–Kier alpha value is -1.10. The summed E-state index contributed by atoms with van der Waals surface area (Å²) in [5, 5.41) is 3.05. The molecule has 0 bridgehead atoms. The highest BCUT2D eigenvalue weighted by Crippen LogP contribution is 2.09. The van der Waals surface area contributed by atoms with Crippen LogP contribution in [0.3, 0.4) is 0 Å². The lowest BCUT2D eigenvalue weighted by atomic mass is 10.2. The minimum absolute atomic E-state index is 0.0877. The van der Waals surface area contributed by atoms with E-state index in [9.17, 15) is 9.59 Å². The number of rotatable bonds is 5. The molecule has 0 radical (unpaired) electrons. The predicted octanol–water partition coefficient (Wildman–Crippen LogP) is 0.457. The van der Waals surface area contributed by atoms with Gasteiger partial charge in [-0.05, 0) is 12.8 Å². The number of nitrogens with one attached hydrogen (secondary N) is 1. The summed E-state index contributed by atoms with van der Waals surface area (Å²) < 4.78 is 0. The van der Waals surface area contributed by atoms with E-state index in [0.29, 0.717) is 19.5 Å².